The molecular formula is C22H29NO. The Balaban J connectivity index is 1.57. The van der Waals surface area contributed by atoms with Crippen LogP contribution in [0.1, 0.15) is 59.3 Å². The van der Waals surface area contributed by atoms with E-state index >= 15 is 0 Å². The second kappa shape index (κ2) is 4.54. The molecule has 5 aliphatic rings. The highest BCUT2D eigenvalue weighted by atomic mass is 16.1. The number of rotatable bonds is 0. The van der Waals surface area contributed by atoms with Gasteiger partial charge in [-0.15, -0.1) is 0 Å². The molecule has 0 amide bonds. The largest absolute Gasteiger partial charge is 0.295 e. The molecule has 0 aliphatic heterocycles. The lowest BCUT2D eigenvalue weighted by atomic mass is 9.44. The van der Waals surface area contributed by atoms with Crippen LogP contribution >= 0.6 is 0 Å². The van der Waals surface area contributed by atoms with Gasteiger partial charge in [0, 0.05) is 6.42 Å². The Morgan fingerprint density at radius 1 is 1.25 bits per heavy atom. The Labute approximate surface area is 145 Å². The molecule has 5 rings (SSSR count). The quantitative estimate of drug-likeness (QED) is 0.645. The number of hydrogen-bond acceptors (Lipinski definition) is 2. The lowest BCUT2D eigenvalue weighted by molar-refractivity contribution is -0.119. The fourth-order valence-electron chi connectivity index (χ4n) is 8.08. The number of fused-ring (bicyclic) bond motifs is 7. The molecule has 0 N–H and O–H groups in total. The summed E-state index contributed by atoms with van der Waals surface area (Å²) in [5.41, 5.74) is 1.97. The number of nitrogens with zero attached hydrogens (tertiary/aromatic N) is 1. The van der Waals surface area contributed by atoms with Crippen LogP contribution in [0.2, 0.25) is 0 Å². The van der Waals surface area contributed by atoms with E-state index in [0.29, 0.717) is 23.5 Å². The summed E-state index contributed by atoms with van der Waals surface area (Å²) in [5, 5.41) is 9.80. The average molecular weight is 323 g/mol. The molecule has 4 saturated carbocycles. The van der Waals surface area contributed by atoms with E-state index in [2.05, 4.69) is 26.8 Å². The van der Waals surface area contributed by atoms with Crippen LogP contribution in [0, 0.1) is 63.6 Å². The molecule has 4 fully saturated rings. The normalized spacial score (nSPS) is 57.8. The first kappa shape index (κ1) is 15.2. The summed E-state index contributed by atoms with van der Waals surface area (Å²) in [6.45, 7) is 7.33. The van der Waals surface area contributed by atoms with Crippen molar-refractivity contribution in [3.8, 4) is 6.07 Å². The molecular weight excluding hydrogens is 294 g/mol. The van der Waals surface area contributed by atoms with Crippen LogP contribution in [0.25, 0.3) is 0 Å². The molecule has 0 saturated heterocycles. The van der Waals surface area contributed by atoms with Gasteiger partial charge in [-0.2, -0.15) is 5.26 Å². The van der Waals surface area contributed by atoms with Crippen LogP contribution in [0.5, 0.6) is 0 Å². The molecule has 0 aromatic rings. The van der Waals surface area contributed by atoms with Crippen LogP contribution < -0.4 is 0 Å². The summed E-state index contributed by atoms with van der Waals surface area (Å²) in [6.07, 6.45) is 8.74. The van der Waals surface area contributed by atoms with Crippen molar-refractivity contribution in [2.24, 2.45) is 52.3 Å². The van der Waals surface area contributed by atoms with Gasteiger partial charge in [0.05, 0.1) is 12.0 Å². The van der Waals surface area contributed by atoms with Gasteiger partial charge in [-0.25, -0.2) is 0 Å². The molecule has 0 aromatic carbocycles. The maximum atomic E-state index is 12.0. The smallest absolute Gasteiger partial charge is 0.155 e. The summed E-state index contributed by atoms with van der Waals surface area (Å²) in [6, 6.07) is 2.72. The van der Waals surface area contributed by atoms with Crippen molar-refractivity contribution >= 4 is 5.78 Å². The first-order chi connectivity index (χ1) is 11.4. The van der Waals surface area contributed by atoms with E-state index in [1.54, 1.807) is 0 Å². The number of carbonyl (C=O) groups is 1. The van der Waals surface area contributed by atoms with E-state index in [-0.39, 0.29) is 10.8 Å². The van der Waals surface area contributed by atoms with Crippen LogP contribution in [0.4, 0.5) is 0 Å². The molecule has 5 aliphatic carbocycles. The van der Waals surface area contributed by atoms with Crippen LogP contribution in [0.15, 0.2) is 11.6 Å². The van der Waals surface area contributed by atoms with E-state index in [0.717, 1.165) is 42.9 Å². The SMILES string of the molecule is C[C@@H]1CC2=CC(=O)CC[C@]2(C)C2CC[C@@]3(C)C(C4CC4[C@@H]3C#N)C21. The highest BCUT2D eigenvalue weighted by molar-refractivity contribution is 5.91. The minimum absolute atomic E-state index is 0.252. The second-order valence-electron chi connectivity index (χ2n) is 10.2. The second-order valence-corrected chi connectivity index (χ2v) is 10.2. The summed E-state index contributed by atoms with van der Waals surface area (Å²) in [4.78, 5) is 12.0. The number of carbonyl (C=O) groups excluding carboxylic acids is 1. The highest BCUT2D eigenvalue weighted by Gasteiger charge is 2.71. The van der Waals surface area contributed by atoms with Gasteiger partial charge in [0.15, 0.2) is 5.78 Å². The zero-order valence-electron chi connectivity index (χ0n) is 15.2. The van der Waals surface area contributed by atoms with Crippen LogP contribution in [-0.4, -0.2) is 5.78 Å². The van der Waals surface area contributed by atoms with Crippen molar-refractivity contribution in [3.63, 3.8) is 0 Å². The Morgan fingerprint density at radius 2 is 2.04 bits per heavy atom. The molecule has 9 atom stereocenters. The molecule has 0 aromatic heterocycles. The predicted molar refractivity (Wildman–Crippen MR) is 92.7 cm³/mol. The molecule has 0 spiro atoms. The average Bonchev–Trinajstić information content (AvgIpc) is 3.25. The van der Waals surface area contributed by atoms with E-state index in [4.69, 9.17) is 0 Å². The summed E-state index contributed by atoms with van der Waals surface area (Å²) >= 11 is 0. The van der Waals surface area contributed by atoms with Gasteiger partial charge in [0.2, 0.25) is 0 Å². The van der Waals surface area contributed by atoms with Gasteiger partial charge in [-0.3, -0.25) is 4.79 Å². The lowest BCUT2D eigenvalue weighted by Crippen LogP contribution is -2.54. The van der Waals surface area contributed by atoms with Crippen LogP contribution in [-0.2, 0) is 4.79 Å². The monoisotopic (exact) mass is 323 g/mol. The van der Waals surface area contributed by atoms with E-state index < -0.39 is 0 Å². The van der Waals surface area contributed by atoms with Gasteiger partial charge in [-0.1, -0.05) is 26.3 Å². The minimum atomic E-state index is 0.252. The van der Waals surface area contributed by atoms with Crippen molar-refractivity contribution in [2.45, 2.75) is 59.3 Å². The fraction of sp³-hybridized carbons (Fsp3) is 0.818. The summed E-state index contributed by atoms with van der Waals surface area (Å²) < 4.78 is 0. The number of hydrogen-bond donors (Lipinski definition) is 0. The van der Waals surface area contributed by atoms with Crippen molar-refractivity contribution in [1.29, 1.82) is 5.26 Å². The first-order valence-electron chi connectivity index (χ1n) is 10.0. The Hall–Kier alpha value is -1.10. The van der Waals surface area contributed by atoms with Crippen LogP contribution in [0.3, 0.4) is 0 Å². The Kier molecular flexibility index (Phi) is 2.87. The Morgan fingerprint density at radius 3 is 2.79 bits per heavy atom. The van der Waals surface area contributed by atoms with Gasteiger partial charge in [-0.05, 0) is 84.5 Å². The minimum Gasteiger partial charge on any atom is -0.295 e. The number of allylic oxidation sites excluding steroid dienone is 1. The standard InChI is InChI=1S/C22H29NO/c1-12-8-13-9-14(24)4-6-21(13,2)17-5-7-22(3)18(11-23)15-10-16(15)20(22)19(12)17/h9,12,15-20H,4-8,10H2,1-3H3/t12-,15?,16?,17?,18+,19?,20?,21+,22-/m1/s1. The summed E-state index contributed by atoms with van der Waals surface area (Å²) in [7, 11) is 0. The Bertz CT molecular complexity index is 687. The number of nitriles is 1. The third-order valence-electron chi connectivity index (χ3n) is 9.24. The predicted octanol–water partition coefficient (Wildman–Crippen LogP) is 4.76. The molecule has 5 unspecified atom stereocenters. The molecule has 0 bridgehead atoms. The molecule has 2 nitrogen and oxygen atoms in total. The topological polar surface area (TPSA) is 40.9 Å². The maximum Gasteiger partial charge on any atom is 0.155 e. The zero-order chi connectivity index (χ0) is 16.9. The van der Waals surface area contributed by atoms with Crippen molar-refractivity contribution in [1.82, 2.24) is 0 Å². The maximum absolute atomic E-state index is 12.0. The van der Waals surface area contributed by atoms with Gasteiger partial charge in [0.25, 0.3) is 0 Å². The molecule has 2 heteroatoms. The van der Waals surface area contributed by atoms with Gasteiger partial charge < -0.3 is 0 Å². The van der Waals surface area contributed by atoms with E-state index in [9.17, 15) is 10.1 Å². The first-order valence-corrected chi connectivity index (χ1v) is 10.0. The molecule has 0 heterocycles. The van der Waals surface area contributed by atoms with Gasteiger partial charge >= 0.3 is 0 Å². The number of ketones is 1. The van der Waals surface area contributed by atoms with Crippen molar-refractivity contribution in [3.05, 3.63) is 11.6 Å². The fourth-order valence-corrected chi connectivity index (χ4v) is 8.08. The zero-order valence-corrected chi connectivity index (χ0v) is 15.2. The molecule has 0 radical (unpaired) electrons. The lowest BCUT2D eigenvalue weighted by Gasteiger charge is -2.60. The molecule has 24 heavy (non-hydrogen) atoms. The van der Waals surface area contributed by atoms with Crippen molar-refractivity contribution in [2.75, 3.05) is 0 Å². The highest BCUT2D eigenvalue weighted by Crippen LogP contribution is 2.76. The summed E-state index contributed by atoms with van der Waals surface area (Å²) in [5.74, 6) is 5.12. The third kappa shape index (κ3) is 1.65. The van der Waals surface area contributed by atoms with E-state index in [1.807, 2.05) is 6.08 Å². The van der Waals surface area contributed by atoms with E-state index in [1.165, 1.54) is 24.8 Å². The molecule has 128 valence electrons. The van der Waals surface area contributed by atoms with Gasteiger partial charge in [0.1, 0.15) is 0 Å². The third-order valence-corrected chi connectivity index (χ3v) is 9.24. The van der Waals surface area contributed by atoms with Crippen molar-refractivity contribution < 1.29 is 4.79 Å².